The summed E-state index contributed by atoms with van der Waals surface area (Å²) in [6, 6.07) is 6.75. The zero-order valence-electron chi connectivity index (χ0n) is 7.56. The molecule has 2 rings (SSSR count). The predicted molar refractivity (Wildman–Crippen MR) is 52.3 cm³/mol. The summed E-state index contributed by atoms with van der Waals surface area (Å²) in [6.07, 6.45) is 5.38. The first-order valence-electron chi connectivity index (χ1n) is 4.55. The molecule has 1 heteroatoms. The van der Waals surface area contributed by atoms with Gasteiger partial charge in [0, 0.05) is 0 Å². The zero-order valence-corrected chi connectivity index (χ0v) is 7.56. The molecule has 0 aromatic heterocycles. The normalized spacial score (nSPS) is 10.8. The van der Waals surface area contributed by atoms with Gasteiger partial charge in [-0.05, 0) is 29.5 Å². The summed E-state index contributed by atoms with van der Waals surface area (Å²) in [5, 5.41) is 0. The van der Waals surface area contributed by atoms with Gasteiger partial charge in [0.1, 0.15) is 0 Å². The second kappa shape index (κ2) is 3.72. The van der Waals surface area contributed by atoms with Crippen LogP contribution in [0.15, 0.2) is 18.2 Å². The van der Waals surface area contributed by atoms with E-state index in [0.29, 0.717) is 0 Å². The van der Waals surface area contributed by atoms with Crippen LogP contribution in [0.25, 0.3) is 11.1 Å². The lowest BCUT2D eigenvalue weighted by atomic mass is 9.84. The second-order valence-corrected chi connectivity index (χ2v) is 3.33. The van der Waals surface area contributed by atoms with Gasteiger partial charge in [-0.2, -0.15) is 0 Å². The molecule has 0 heterocycles. The van der Waals surface area contributed by atoms with Crippen LogP contribution in [-0.2, 0) is 6.42 Å². The molecule has 0 saturated carbocycles. The first-order valence-corrected chi connectivity index (χ1v) is 4.55. The Labute approximate surface area is 73.7 Å². The van der Waals surface area contributed by atoms with E-state index >= 15 is 0 Å². The van der Waals surface area contributed by atoms with Crippen molar-refractivity contribution in [2.75, 3.05) is 0 Å². The molecule has 0 unspecified atom stereocenters. The Morgan fingerprint density at radius 1 is 1.17 bits per heavy atom. The SMILES string of the molecule is CCCCCc1cc2ccc1-2.O. The number of benzene rings is 1. The van der Waals surface area contributed by atoms with Crippen LogP contribution in [0.5, 0.6) is 0 Å². The highest BCUT2D eigenvalue weighted by atomic mass is 16.0. The standard InChI is InChI=1S/C11H14.H2O/c1-2-3-4-5-9-8-10-6-7-11(9)10;/h6-8H,2-5H2,1H3;1H2. The van der Waals surface area contributed by atoms with Crippen molar-refractivity contribution in [1.82, 2.24) is 0 Å². The molecule has 0 radical (unpaired) electrons. The molecule has 2 N–H and O–H groups in total. The van der Waals surface area contributed by atoms with E-state index in [-0.39, 0.29) is 5.48 Å². The van der Waals surface area contributed by atoms with Crippen molar-refractivity contribution in [1.29, 1.82) is 0 Å². The maximum Gasteiger partial charge on any atom is -0.0151 e. The Hall–Kier alpha value is -0.820. The summed E-state index contributed by atoms with van der Waals surface area (Å²) in [6.45, 7) is 2.25. The molecule has 2 aliphatic carbocycles. The Kier molecular flexibility index (Phi) is 2.88. The van der Waals surface area contributed by atoms with Crippen molar-refractivity contribution in [3.05, 3.63) is 23.8 Å². The van der Waals surface area contributed by atoms with Gasteiger partial charge in [0.15, 0.2) is 0 Å². The summed E-state index contributed by atoms with van der Waals surface area (Å²) in [5.74, 6) is 0. The fourth-order valence-electron chi connectivity index (χ4n) is 1.64. The number of hydrogen-bond acceptors (Lipinski definition) is 0. The fourth-order valence-corrected chi connectivity index (χ4v) is 1.64. The van der Waals surface area contributed by atoms with Crippen LogP contribution in [-0.4, -0.2) is 5.48 Å². The molecule has 0 spiro atoms. The van der Waals surface area contributed by atoms with Gasteiger partial charge in [-0.15, -0.1) is 0 Å². The largest absolute Gasteiger partial charge is 0.412 e. The average Bonchev–Trinajstić information content (AvgIpc) is 1.98. The van der Waals surface area contributed by atoms with Crippen molar-refractivity contribution >= 4 is 0 Å². The van der Waals surface area contributed by atoms with E-state index in [4.69, 9.17) is 0 Å². The molecule has 2 aliphatic rings. The average molecular weight is 164 g/mol. The monoisotopic (exact) mass is 164 g/mol. The Bertz CT molecular complexity index is 266. The van der Waals surface area contributed by atoms with E-state index in [1.54, 1.807) is 11.1 Å². The lowest BCUT2D eigenvalue weighted by molar-refractivity contribution is 0.716. The van der Waals surface area contributed by atoms with Crippen molar-refractivity contribution in [3.63, 3.8) is 0 Å². The van der Waals surface area contributed by atoms with Crippen LogP contribution < -0.4 is 0 Å². The zero-order chi connectivity index (χ0) is 7.68. The van der Waals surface area contributed by atoms with Gasteiger partial charge in [0.05, 0.1) is 0 Å². The van der Waals surface area contributed by atoms with Crippen LogP contribution in [0.3, 0.4) is 0 Å². The number of rotatable bonds is 4. The van der Waals surface area contributed by atoms with Gasteiger partial charge in [-0.1, -0.05) is 38.0 Å². The molecule has 0 bridgehead atoms. The van der Waals surface area contributed by atoms with Crippen molar-refractivity contribution in [2.24, 2.45) is 0 Å². The molecule has 0 aliphatic heterocycles. The third-order valence-electron chi connectivity index (χ3n) is 2.47. The third kappa shape index (κ3) is 1.37. The van der Waals surface area contributed by atoms with Gasteiger partial charge >= 0.3 is 0 Å². The quantitative estimate of drug-likeness (QED) is 0.622. The summed E-state index contributed by atoms with van der Waals surface area (Å²) in [4.78, 5) is 0. The third-order valence-corrected chi connectivity index (χ3v) is 2.47. The van der Waals surface area contributed by atoms with Crippen molar-refractivity contribution in [3.8, 4) is 11.1 Å². The minimum Gasteiger partial charge on any atom is -0.412 e. The number of aryl methyl sites for hydroxylation is 1. The van der Waals surface area contributed by atoms with Gasteiger partial charge < -0.3 is 5.48 Å². The van der Waals surface area contributed by atoms with E-state index in [0.717, 1.165) is 0 Å². The van der Waals surface area contributed by atoms with Crippen LogP contribution in [0.2, 0.25) is 0 Å². The van der Waals surface area contributed by atoms with Crippen molar-refractivity contribution in [2.45, 2.75) is 32.6 Å². The second-order valence-electron chi connectivity index (χ2n) is 3.33. The van der Waals surface area contributed by atoms with Crippen molar-refractivity contribution < 1.29 is 5.48 Å². The van der Waals surface area contributed by atoms with E-state index < -0.39 is 0 Å². The van der Waals surface area contributed by atoms with Crippen LogP contribution in [0, 0.1) is 0 Å². The maximum atomic E-state index is 2.32. The lowest BCUT2D eigenvalue weighted by Gasteiger charge is -2.20. The summed E-state index contributed by atoms with van der Waals surface area (Å²) < 4.78 is 0. The van der Waals surface area contributed by atoms with Gasteiger partial charge in [0.2, 0.25) is 0 Å². The highest BCUT2D eigenvalue weighted by Gasteiger charge is 2.14. The minimum absolute atomic E-state index is 0. The van der Waals surface area contributed by atoms with E-state index in [1.807, 2.05) is 0 Å². The van der Waals surface area contributed by atoms with E-state index in [9.17, 15) is 0 Å². The Morgan fingerprint density at radius 2 is 2.00 bits per heavy atom. The highest BCUT2D eigenvalue weighted by molar-refractivity contribution is 5.80. The van der Waals surface area contributed by atoms with Gasteiger partial charge in [-0.25, -0.2) is 0 Å². The molecule has 0 fully saturated rings. The highest BCUT2D eigenvalue weighted by Crippen LogP contribution is 2.37. The molecular formula is C11H16O. The first kappa shape index (κ1) is 9.27. The molecular weight excluding hydrogens is 148 g/mol. The number of unbranched alkanes of at least 4 members (excludes halogenated alkanes) is 2. The maximum absolute atomic E-state index is 2.32. The van der Waals surface area contributed by atoms with Crippen LogP contribution in [0.4, 0.5) is 0 Å². The molecule has 1 nitrogen and oxygen atoms in total. The Balaban J connectivity index is 0.000000720. The lowest BCUT2D eigenvalue weighted by Crippen LogP contribution is -2.00. The van der Waals surface area contributed by atoms with Crippen LogP contribution >= 0.6 is 0 Å². The van der Waals surface area contributed by atoms with Gasteiger partial charge in [0.25, 0.3) is 0 Å². The summed E-state index contributed by atoms with van der Waals surface area (Å²) >= 11 is 0. The number of hydrogen-bond donors (Lipinski definition) is 0. The molecule has 0 aromatic rings. The van der Waals surface area contributed by atoms with Crippen LogP contribution in [0.1, 0.15) is 31.7 Å². The summed E-state index contributed by atoms with van der Waals surface area (Å²) in [7, 11) is 0. The number of fused-ring (bicyclic) bond motifs is 1. The van der Waals surface area contributed by atoms with Gasteiger partial charge in [-0.3, -0.25) is 0 Å². The molecule has 66 valence electrons. The van der Waals surface area contributed by atoms with E-state index in [2.05, 4.69) is 25.1 Å². The molecule has 0 saturated heterocycles. The molecule has 0 aromatic carbocycles. The first-order chi connectivity index (χ1) is 5.42. The van der Waals surface area contributed by atoms with E-state index in [1.165, 1.54) is 31.2 Å². The predicted octanol–water partition coefficient (Wildman–Crippen LogP) is 2.58. The smallest absolute Gasteiger partial charge is 0.0151 e. The Morgan fingerprint density at radius 3 is 2.42 bits per heavy atom. The molecule has 0 atom stereocenters. The minimum atomic E-state index is 0. The fraction of sp³-hybridized carbons (Fsp3) is 0.455. The molecule has 12 heavy (non-hydrogen) atoms. The topological polar surface area (TPSA) is 31.5 Å². The summed E-state index contributed by atoms with van der Waals surface area (Å²) in [5.41, 5.74) is 4.62. The molecule has 0 amide bonds.